The van der Waals surface area contributed by atoms with Crippen LogP contribution in [0.5, 0.6) is 0 Å². The highest BCUT2D eigenvalue weighted by Gasteiger charge is 2.36. The molecule has 0 spiro atoms. The monoisotopic (exact) mass is 536 g/mol. The molecule has 0 unspecified atom stereocenters. The van der Waals surface area contributed by atoms with Gasteiger partial charge < -0.3 is 0 Å². The van der Waals surface area contributed by atoms with Crippen molar-refractivity contribution in [1.82, 2.24) is 0 Å². The quantitative estimate of drug-likeness (QED) is 0.193. The molecule has 0 saturated heterocycles. The second kappa shape index (κ2) is 8.78. The average Bonchev–Trinajstić information content (AvgIpc) is 3.24. The van der Waals surface area contributed by atoms with Gasteiger partial charge in [0.15, 0.2) is 0 Å². The van der Waals surface area contributed by atoms with E-state index < -0.39 is 0 Å². The molecule has 0 aliphatic heterocycles. The van der Waals surface area contributed by atoms with E-state index in [9.17, 15) is 0 Å². The first kappa shape index (κ1) is 24.8. The van der Waals surface area contributed by atoms with E-state index in [2.05, 4.69) is 147 Å². The third-order valence-electron chi connectivity index (χ3n) is 9.62. The van der Waals surface area contributed by atoms with Gasteiger partial charge >= 0.3 is 0 Å². The molecule has 0 heterocycles. The Morgan fingerprint density at radius 2 is 0.881 bits per heavy atom. The molecule has 0 nitrogen and oxygen atoms in total. The molecule has 8 aromatic rings. The molecule has 0 radical (unpaired) electrons. The minimum Gasteiger partial charge on any atom is -0.0776 e. The van der Waals surface area contributed by atoms with Crippen molar-refractivity contribution in [2.24, 2.45) is 0 Å². The molecule has 0 fully saturated rings. The lowest BCUT2D eigenvalue weighted by Crippen LogP contribution is -2.15. The Morgan fingerprint density at radius 3 is 1.60 bits per heavy atom. The molecule has 0 N–H and O–H groups in total. The fourth-order valence-electron chi connectivity index (χ4n) is 7.54. The smallest absolute Gasteiger partial charge is 0.0159 e. The van der Waals surface area contributed by atoms with Crippen LogP contribution >= 0.6 is 0 Å². The number of rotatable bonds is 2. The van der Waals surface area contributed by atoms with E-state index in [1.807, 2.05) is 0 Å². The summed E-state index contributed by atoms with van der Waals surface area (Å²) < 4.78 is 0. The zero-order chi connectivity index (χ0) is 27.3. The van der Waals surface area contributed by atoms with Crippen LogP contribution in [0.15, 0.2) is 133 Å². The van der Waals surface area contributed by atoms with Crippen LogP contribution in [0.2, 0.25) is 0 Å². The van der Waals surface area contributed by atoms with Gasteiger partial charge in [0.1, 0.15) is 0 Å². The highest BCUT2D eigenvalue weighted by molar-refractivity contribution is 6.25. The fourth-order valence-corrected chi connectivity index (χ4v) is 7.54. The largest absolute Gasteiger partial charge is 0.0776 e. The van der Waals surface area contributed by atoms with Crippen LogP contribution in [0.25, 0.3) is 76.5 Å². The van der Waals surface area contributed by atoms with Gasteiger partial charge in [-0.3, -0.25) is 0 Å². The maximum Gasteiger partial charge on any atom is 0.0159 e. The Hall–Kier alpha value is -4.94. The molecule has 0 aromatic heterocycles. The minimum atomic E-state index is -0.0922. The van der Waals surface area contributed by atoms with Crippen LogP contribution < -0.4 is 0 Å². The predicted octanol–water partition coefficient (Wildman–Crippen LogP) is 12.0. The summed E-state index contributed by atoms with van der Waals surface area (Å²) in [6.45, 7) is 4.77. The van der Waals surface area contributed by atoms with E-state index in [1.54, 1.807) is 0 Å². The van der Waals surface area contributed by atoms with Gasteiger partial charge in [0, 0.05) is 5.41 Å². The van der Waals surface area contributed by atoms with E-state index in [0.717, 1.165) is 0 Å². The molecule has 1 aliphatic rings. The van der Waals surface area contributed by atoms with Crippen molar-refractivity contribution < 1.29 is 0 Å². The first-order valence-electron chi connectivity index (χ1n) is 14.5. The molecular weight excluding hydrogens is 504 g/mol. The molecule has 1 aliphatic carbocycles. The zero-order valence-corrected chi connectivity index (χ0v) is 23.2. The fraction of sp³-hybridized carbons (Fsp3) is 0.0952. The summed E-state index contributed by atoms with van der Waals surface area (Å²) in [6.07, 6.45) is 0. The maximum atomic E-state index is 2.46. The van der Waals surface area contributed by atoms with Crippen LogP contribution in [-0.4, -0.2) is 0 Å². The van der Waals surface area contributed by atoms with Crippen LogP contribution in [0, 0.1) is 0 Å². The summed E-state index contributed by atoms with van der Waals surface area (Å²) in [5, 5.41) is 10.6. The van der Waals surface area contributed by atoms with E-state index in [4.69, 9.17) is 0 Å². The summed E-state index contributed by atoms with van der Waals surface area (Å²) in [7, 11) is 0. The van der Waals surface area contributed by atoms with Gasteiger partial charge in [-0.2, -0.15) is 0 Å². The summed E-state index contributed by atoms with van der Waals surface area (Å²) in [6, 6.07) is 49.9. The maximum absolute atomic E-state index is 2.46. The van der Waals surface area contributed by atoms with Crippen molar-refractivity contribution in [2.45, 2.75) is 26.7 Å². The van der Waals surface area contributed by atoms with E-state index in [0.29, 0.717) is 0 Å². The lowest BCUT2D eigenvalue weighted by atomic mass is 9.80. The molecule has 8 aromatic carbocycles. The molecule has 0 saturated carbocycles. The van der Waals surface area contributed by atoms with Crippen molar-refractivity contribution in [3.8, 4) is 33.4 Å². The second-order valence-electron chi connectivity index (χ2n) is 12.1. The van der Waals surface area contributed by atoms with Gasteiger partial charge in [0.25, 0.3) is 0 Å². The van der Waals surface area contributed by atoms with Crippen molar-refractivity contribution >= 4 is 43.1 Å². The van der Waals surface area contributed by atoms with Gasteiger partial charge in [0.2, 0.25) is 0 Å². The Morgan fingerprint density at radius 1 is 0.381 bits per heavy atom. The summed E-state index contributed by atoms with van der Waals surface area (Å²) in [5.74, 6) is 0. The lowest BCUT2D eigenvalue weighted by molar-refractivity contribution is 0.661. The molecule has 0 heteroatoms. The SMILES string of the molecule is C.CC1(C)c2cc(-c3cccc4ccccc34)ccc2-c2ccc(-c3ccc4ccc5cccc6ccc3c4c56)cc21. The van der Waals surface area contributed by atoms with E-state index in [-0.39, 0.29) is 12.8 Å². The molecule has 200 valence electrons. The molecule has 0 amide bonds. The standard InChI is InChI=1S/C41H28.CH4/c1-41(2)37-23-29(32-12-6-8-25-7-3-4-11-31(25)32)17-20-34(37)35-21-18-30(24-38(35)41)33-19-15-28-14-13-26-9-5-10-27-16-22-36(33)40(28)39(26)27;/h3-24H,1-2H3;1H4. The topological polar surface area (TPSA) is 0 Å². The van der Waals surface area contributed by atoms with E-state index >= 15 is 0 Å². The normalized spacial score (nSPS) is 13.5. The van der Waals surface area contributed by atoms with Crippen molar-refractivity contribution in [1.29, 1.82) is 0 Å². The van der Waals surface area contributed by atoms with Crippen LogP contribution in [0.3, 0.4) is 0 Å². The zero-order valence-electron chi connectivity index (χ0n) is 23.2. The number of fused-ring (bicyclic) bond motifs is 4. The number of hydrogen-bond acceptors (Lipinski definition) is 0. The van der Waals surface area contributed by atoms with Crippen molar-refractivity contribution in [3.63, 3.8) is 0 Å². The first-order chi connectivity index (χ1) is 20.1. The van der Waals surface area contributed by atoms with Crippen LogP contribution in [0.1, 0.15) is 32.4 Å². The van der Waals surface area contributed by atoms with Gasteiger partial charge in [0.05, 0.1) is 0 Å². The summed E-state index contributed by atoms with van der Waals surface area (Å²) in [5.41, 5.74) is 10.6. The number of hydrogen-bond donors (Lipinski definition) is 0. The van der Waals surface area contributed by atoms with Crippen LogP contribution in [0.4, 0.5) is 0 Å². The molecule has 42 heavy (non-hydrogen) atoms. The second-order valence-corrected chi connectivity index (χ2v) is 12.1. The average molecular weight is 537 g/mol. The minimum absolute atomic E-state index is 0. The Kier molecular flexibility index (Phi) is 5.19. The first-order valence-corrected chi connectivity index (χ1v) is 14.5. The Balaban J connectivity index is 0.00000267. The Bertz CT molecular complexity index is 2310. The summed E-state index contributed by atoms with van der Waals surface area (Å²) in [4.78, 5) is 0. The van der Waals surface area contributed by atoms with Gasteiger partial charge in [-0.25, -0.2) is 0 Å². The third kappa shape index (κ3) is 3.30. The number of benzene rings is 8. The highest BCUT2D eigenvalue weighted by atomic mass is 14.4. The van der Waals surface area contributed by atoms with Gasteiger partial charge in [-0.05, 0) is 99.7 Å². The van der Waals surface area contributed by atoms with Gasteiger partial charge in [-0.15, -0.1) is 0 Å². The van der Waals surface area contributed by atoms with Gasteiger partial charge in [-0.1, -0.05) is 143 Å². The Labute approximate surface area is 247 Å². The molecule has 9 rings (SSSR count). The highest BCUT2D eigenvalue weighted by Crippen LogP contribution is 2.51. The predicted molar refractivity (Wildman–Crippen MR) is 183 cm³/mol. The molecule has 0 bridgehead atoms. The summed E-state index contributed by atoms with van der Waals surface area (Å²) >= 11 is 0. The van der Waals surface area contributed by atoms with Crippen molar-refractivity contribution in [3.05, 3.63) is 145 Å². The van der Waals surface area contributed by atoms with Crippen LogP contribution in [-0.2, 0) is 5.41 Å². The third-order valence-corrected chi connectivity index (χ3v) is 9.62. The van der Waals surface area contributed by atoms with E-state index in [1.165, 1.54) is 87.6 Å². The van der Waals surface area contributed by atoms with Crippen molar-refractivity contribution in [2.75, 3.05) is 0 Å². The lowest BCUT2D eigenvalue weighted by Gasteiger charge is -2.23. The molecule has 0 atom stereocenters. The molecular formula is C42H32.